The van der Waals surface area contributed by atoms with E-state index in [1.54, 1.807) is 13.2 Å². The van der Waals surface area contributed by atoms with Gasteiger partial charge in [0.25, 0.3) is 5.82 Å². The smallest absolute Gasteiger partial charge is 0.266 e. The summed E-state index contributed by atoms with van der Waals surface area (Å²) >= 11 is 3.18. The van der Waals surface area contributed by atoms with Crippen molar-refractivity contribution in [3.8, 4) is 0 Å². The Balaban J connectivity index is 3.27. The molecule has 1 aromatic rings. The van der Waals surface area contributed by atoms with E-state index in [-0.39, 0.29) is 0 Å². The summed E-state index contributed by atoms with van der Waals surface area (Å²) in [5, 5.41) is 3.84. The SMILES string of the molecule is [C-]#[N+]c1c(Br)cnn1C. The van der Waals surface area contributed by atoms with Gasteiger partial charge >= 0.3 is 0 Å². The van der Waals surface area contributed by atoms with Crippen LogP contribution in [0, 0.1) is 6.57 Å². The van der Waals surface area contributed by atoms with Gasteiger partial charge < -0.3 is 4.85 Å². The summed E-state index contributed by atoms with van der Waals surface area (Å²) in [7, 11) is 1.73. The lowest BCUT2D eigenvalue weighted by atomic mass is 10.6. The standard InChI is InChI=1S/C5H4BrN3/c1-7-5-4(6)3-8-9(5)2/h3H,2H3. The average Bonchev–Trinajstić information content (AvgIpc) is 2.12. The highest BCUT2D eigenvalue weighted by atomic mass is 79.9. The first kappa shape index (κ1) is 6.30. The zero-order valence-corrected chi connectivity index (χ0v) is 6.38. The van der Waals surface area contributed by atoms with Gasteiger partial charge in [-0.15, -0.1) is 5.10 Å². The molecular formula is C5H4BrN3. The van der Waals surface area contributed by atoms with Crippen molar-refractivity contribution in [3.63, 3.8) is 0 Å². The molecule has 0 spiro atoms. The fraction of sp³-hybridized carbons (Fsp3) is 0.200. The van der Waals surface area contributed by atoms with Crippen LogP contribution in [0.3, 0.4) is 0 Å². The maximum atomic E-state index is 6.68. The van der Waals surface area contributed by atoms with Crippen molar-refractivity contribution in [2.24, 2.45) is 7.05 Å². The van der Waals surface area contributed by atoms with Crippen LogP contribution in [0.5, 0.6) is 0 Å². The molecule has 1 heterocycles. The normalized spacial score (nSPS) is 9.00. The molecule has 0 saturated carbocycles. The second-order valence-electron chi connectivity index (χ2n) is 1.55. The maximum Gasteiger partial charge on any atom is 0.266 e. The van der Waals surface area contributed by atoms with E-state index in [2.05, 4.69) is 25.9 Å². The van der Waals surface area contributed by atoms with Crippen LogP contribution in [0.4, 0.5) is 5.82 Å². The molecule has 0 N–H and O–H groups in total. The van der Waals surface area contributed by atoms with Gasteiger partial charge in [0, 0.05) is 0 Å². The van der Waals surface area contributed by atoms with Crippen molar-refractivity contribution in [1.82, 2.24) is 9.78 Å². The van der Waals surface area contributed by atoms with Crippen molar-refractivity contribution in [2.75, 3.05) is 0 Å². The highest BCUT2D eigenvalue weighted by Crippen LogP contribution is 2.22. The Morgan fingerprint density at radius 3 is 2.78 bits per heavy atom. The highest BCUT2D eigenvalue weighted by molar-refractivity contribution is 9.10. The minimum atomic E-state index is 0.537. The first-order valence-electron chi connectivity index (χ1n) is 2.30. The molecule has 1 aromatic heterocycles. The molecule has 9 heavy (non-hydrogen) atoms. The maximum absolute atomic E-state index is 6.68. The van der Waals surface area contributed by atoms with E-state index in [1.807, 2.05) is 0 Å². The lowest BCUT2D eigenvalue weighted by molar-refractivity contribution is 0.782. The third-order valence-corrected chi connectivity index (χ3v) is 1.53. The molecule has 0 aromatic carbocycles. The summed E-state index contributed by atoms with van der Waals surface area (Å²) in [6, 6.07) is 0. The molecule has 4 heteroatoms. The molecule has 0 amide bonds. The van der Waals surface area contributed by atoms with Gasteiger partial charge in [-0.05, 0) is 0 Å². The van der Waals surface area contributed by atoms with Crippen molar-refractivity contribution in [1.29, 1.82) is 0 Å². The summed E-state index contributed by atoms with van der Waals surface area (Å²) in [5.41, 5.74) is 0. The van der Waals surface area contributed by atoms with Crippen LogP contribution < -0.4 is 0 Å². The Morgan fingerprint density at radius 1 is 1.89 bits per heavy atom. The van der Waals surface area contributed by atoms with Gasteiger partial charge in [-0.25, -0.2) is 0 Å². The van der Waals surface area contributed by atoms with E-state index < -0.39 is 0 Å². The molecule has 0 unspecified atom stereocenters. The predicted octanol–water partition coefficient (Wildman–Crippen LogP) is 1.73. The lowest BCUT2D eigenvalue weighted by Crippen LogP contribution is -1.85. The summed E-state index contributed by atoms with van der Waals surface area (Å²) in [5.74, 6) is 0.537. The Hall–Kier alpha value is -0.820. The van der Waals surface area contributed by atoms with E-state index in [1.165, 1.54) is 4.68 Å². The molecule has 0 aliphatic rings. The monoisotopic (exact) mass is 185 g/mol. The summed E-state index contributed by atoms with van der Waals surface area (Å²) in [6.45, 7) is 6.68. The second-order valence-corrected chi connectivity index (χ2v) is 2.41. The van der Waals surface area contributed by atoms with Crippen LogP contribution in [0.2, 0.25) is 0 Å². The minimum Gasteiger partial charge on any atom is -0.361 e. The number of aromatic nitrogens is 2. The minimum absolute atomic E-state index is 0.537. The molecule has 0 fully saturated rings. The van der Waals surface area contributed by atoms with E-state index in [4.69, 9.17) is 6.57 Å². The Morgan fingerprint density at radius 2 is 2.56 bits per heavy atom. The average molecular weight is 186 g/mol. The van der Waals surface area contributed by atoms with Crippen LogP contribution in [0.25, 0.3) is 4.85 Å². The van der Waals surface area contributed by atoms with Gasteiger partial charge in [-0.2, -0.15) is 4.68 Å². The Bertz CT molecular complexity index is 238. The molecule has 0 aliphatic heterocycles. The molecule has 0 aliphatic carbocycles. The molecular weight excluding hydrogens is 182 g/mol. The fourth-order valence-corrected chi connectivity index (χ4v) is 0.967. The zero-order chi connectivity index (χ0) is 6.85. The molecule has 3 nitrogen and oxygen atoms in total. The first-order valence-corrected chi connectivity index (χ1v) is 3.10. The second kappa shape index (κ2) is 2.19. The van der Waals surface area contributed by atoms with E-state index >= 15 is 0 Å². The number of aryl methyl sites for hydroxylation is 1. The zero-order valence-electron chi connectivity index (χ0n) is 4.80. The Kier molecular flexibility index (Phi) is 1.54. The summed E-state index contributed by atoms with van der Waals surface area (Å²) < 4.78 is 2.27. The molecule has 46 valence electrons. The topological polar surface area (TPSA) is 22.2 Å². The van der Waals surface area contributed by atoms with Gasteiger partial charge in [-0.3, -0.25) is 0 Å². The number of halogens is 1. The van der Waals surface area contributed by atoms with Gasteiger partial charge in [0.2, 0.25) is 0 Å². The number of hydrogen-bond acceptors (Lipinski definition) is 1. The first-order chi connectivity index (χ1) is 4.25. The third kappa shape index (κ3) is 0.958. The number of hydrogen-bond donors (Lipinski definition) is 0. The van der Waals surface area contributed by atoms with Crippen molar-refractivity contribution in [3.05, 3.63) is 22.1 Å². The van der Waals surface area contributed by atoms with Crippen LogP contribution >= 0.6 is 15.9 Å². The van der Waals surface area contributed by atoms with Crippen molar-refractivity contribution < 1.29 is 0 Å². The molecule has 0 atom stereocenters. The molecule has 0 saturated heterocycles. The molecule has 1 rings (SSSR count). The molecule has 0 radical (unpaired) electrons. The van der Waals surface area contributed by atoms with Crippen LogP contribution in [-0.4, -0.2) is 9.78 Å². The fourth-order valence-electron chi connectivity index (χ4n) is 0.530. The van der Waals surface area contributed by atoms with Crippen LogP contribution in [0.1, 0.15) is 0 Å². The molecule has 0 bridgehead atoms. The van der Waals surface area contributed by atoms with Crippen LogP contribution in [0.15, 0.2) is 10.7 Å². The largest absolute Gasteiger partial charge is 0.361 e. The van der Waals surface area contributed by atoms with Gasteiger partial charge in [0.15, 0.2) is 0 Å². The predicted molar refractivity (Wildman–Crippen MR) is 37.2 cm³/mol. The van der Waals surface area contributed by atoms with Gasteiger partial charge in [0.1, 0.15) is 0 Å². The van der Waals surface area contributed by atoms with Gasteiger partial charge in [-0.1, -0.05) is 22.5 Å². The quantitative estimate of drug-likeness (QED) is 0.565. The lowest BCUT2D eigenvalue weighted by Gasteiger charge is -1.86. The number of rotatable bonds is 0. The summed E-state index contributed by atoms with van der Waals surface area (Å²) in [6.07, 6.45) is 1.60. The van der Waals surface area contributed by atoms with Crippen LogP contribution in [-0.2, 0) is 7.05 Å². The van der Waals surface area contributed by atoms with Gasteiger partial charge in [0.05, 0.1) is 17.7 Å². The highest BCUT2D eigenvalue weighted by Gasteiger charge is 2.02. The van der Waals surface area contributed by atoms with Crippen molar-refractivity contribution >= 4 is 21.7 Å². The third-order valence-electron chi connectivity index (χ3n) is 0.970. The van der Waals surface area contributed by atoms with E-state index in [0.717, 1.165) is 4.47 Å². The van der Waals surface area contributed by atoms with Crippen molar-refractivity contribution in [2.45, 2.75) is 0 Å². The number of nitrogens with zero attached hydrogens (tertiary/aromatic N) is 3. The summed E-state index contributed by atoms with van der Waals surface area (Å²) in [4.78, 5) is 3.23. The Labute approximate surface area is 61.2 Å². The van der Waals surface area contributed by atoms with E-state index in [9.17, 15) is 0 Å². The van der Waals surface area contributed by atoms with E-state index in [0.29, 0.717) is 5.82 Å².